The molecule has 3 aromatic rings. The van der Waals surface area contributed by atoms with E-state index in [-0.39, 0.29) is 24.3 Å². The molecule has 2 heterocycles. The van der Waals surface area contributed by atoms with Crippen LogP contribution in [0.5, 0.6) is 5.88 Å². The van der Waals surface area contributed by atoms with Crippen molar-refractivity contribution in [3.05, 3.63) is 72.0 Å². The minimum atomic E-state index is -0.525. The van der Waals surface area contributed by atoms with Crippen molar-refractivity contribution in [1.82, 2.24) is 15.4 Å². The Morgan fingerprint density at radius 2 is 1.88 bits per heavy atom. The zero-order valence-electron chi connectivity index (χ0n) is 19.0. The number of rotatable bonds is 8. The summed E-state index contributed by atoms with van der Waals surface area (Å²) < 4.78 is 10.8. The van der Waals surface area contributed by atoms with Gasteiger partial charge in [0.25, 0.3) is 5.88 Å². The normalized spacial score (nSPS) is 16.0. The van der Waals surface area contributed by atoms with Gasteiger partial charge in [0.2, 0.25) is 11.8 Å². The highest BCUT2D eigenvalue weighted by molar-refractivity contribution is 5.89. The minimum Gasteiger partial charge on any atom is -0.473 e. The van der Waals surface area contributed by atoms with E-state index in [2.05, 4.69) is 34.7 Å². The number of hydrogen-bond acceptors (Lipinski definition) is 5. The first-order valence-corrected chi connectivity index (χ1v) is 11.3. The van der Waals surface area contributed by atoms with Gasteiger partial charge in [-0.3, -0.25) is 9.59 Å². The molecule has 2 amide bonds. The van der Waals surface area contributed by atoms with E-state index >= 15 is 0 Å². The number of ether oxygens (including phenoxy) is 1. The highest BCUT2D eigenvalue weighted by Crippen LogP contribution is 2.21. The average molecular weight is 448 g/mol. The third-order valence-electron chi connectivity index (χ3n) is 5.62. The van der Waals surface area contributed by atoms with Crippen LogP contribution in [-0.2, 0) is 22.4 Å². The van der Waals surface area contributed by atoms with Gasteiger partial charge >= 0.3 is 0 Å². The molecule has 1 aliphatic heterocycles. The second-order valence-electron chi connectivity index (χ2n) is 8.46. The molecule has 1 aliphatic rings. The molecule has 1 N–H and O–H groups in total. The largest absolute Gasteiger partial charge is 0.473 e. The number of nitrogens with zero attached hydrogens (tertiary/aromatic N) is 2. The average Bonchev–Trinajstić information content (AvgIpc) is 3.26. The van der Waals surface area contributed by atoms with Crippen LogP contribution in [0.2, 0.25) is 0 Å². The Morgan fingerprint density at radius 1 is 1.15 bits per heavy atom. The molecule has 4 rings (SSSR count). The lowest BCUT2D eigenvalue weighted by molar-refractivity contribution is -0.143. The summed E-state index contributed by atoms with van der Waals surface area (Å²) in [5.41, 5.74) is 3.28. The predicted octanol–water partition coefficient (Wildman–Crippen LogP) is 3.63. The number of nitrogens with one attached hydrogen (secondary N) is 1. The van der Waals surface area contributed by atoms with E-state index in [0.717, 1.165) is 16.7 Å². The van der Waals surface area contributed by atoms with E-state index < -0.39 is 6.04 Å². The number of amides is 2. The lowest BCUT2D eigenvalue weighted by Gasteiger charge is -2.35. The third-order valence-corrected chi connectivity index (χ3v) is 5.62. The maximum Gasteiger partial charge on any atom is 0.254 e. The van der Waals surface area contributed by atoms with Crippen LogP contribution in [0.15, 0.2) is 65.2 Å². The standard InChI is InChI=1S/C26H29N3O4/c1-18(2)32-24-17-22(33-28-24)12-13-25(30)29-15-14-27-26(31)23(29)16-19-8-10-21(11-9-19)20-6-4-3-5-7-20/h3-11,17-18,23H,12-16H2,1-2H3,(H,27,31)/t23-/m0/s1. The van der Waals surface area contributed by atoms with E-state index in [9.17, 15) is 9.59 Å². The van der Waals surface area contributed by atoms with Crippen molar-refractivity contribution in [3.63, 3.8) is 0 Å². The molecular weight excluding hydrogens is 418 g/mol. The van der Waals surface area contributed by atoms with Gasteiger partial charge in [-0.2, -0.15) is 0 Å². The number of carbonyl (C=O) groups excluding carboxylic acids is 2. The second-order valence-corrected chi connectivity index (χ2v) is 8.46. The molecule has 1 saturated heterocycles. The van der Waals surface area contributed by atoms with Gasteiger partial charge in [0.1, 0.15) is 11.8 Å². The number of aromatic nitrogens is 1. The van der Waals surface area contributed by atoms with Gasteiger partial charge in [0, 0.05) is 38.4 Å². The maximum absolute atomic E-state index is 13.0. The van der Waals surface area contributed by atoms with Crippen molar-refractivity contribution in [3.8, 4) is 17.0 Å². The first-order valence-electron chi connectivity index (χ1n) is 11.3. The predicted molar refractivity (Wildman–Crippen MR) is 125 cm³/mol. The molecule has 1 aromatic heterocycles. The topological polar surface area (TPSA) is 84.7 Å². The Morgan fingerprint density at radius 3 is 2.61 bits per heavy atom. The van der Waals surface area contributed by atoms with Gasteiger partial charge in [-0.15, -0.1) is 0 Å². The molecular formula is C26H29N3O4. The van der Waals surface area contributed by atoms with Crippen molar-refractivity contribution < 1.29 is 18.8 Å². The zero-order valence-corrected chi connectivity index (χ0v) is 19.0. The van der Waals surface area contributed by atoms with Crippen LogP contribution in [-0.4, -0.2) is 47.1 Å². The summed E-state index contributed by atoms with van der Waals surface area (Å²) in [7, 11) is 0. The second kappa shape index (κ2) is 10.3. The van der Waals surface area contributed by atoms with Crippen molar-refractivity contribution >= 4 is 11.8 Å². The fourth-order valence-corrected chi connectivity index (χ4v) is 3.99. The van der Waals surface area contributed by atoms with Gasteiger partial charge in [0.15, 0.2) is 0 Å². The van der Waals surface area contributed by atoms with Gasteiger partial charge < -0.3 is 19.5 Å². The van der Waals surface area contributed by atoms with Crippen LogP contribution in [0, 0.1) is 0 Å². The molecule has 0 radical (unpaired) electrons. The molecule has 0 bridgehead atoms. The van der Waals surface area contributed by atoms with Crippen molar-refractivity contribution in [1.29, 1.82) is 0 Å². The summed E-state index contributed by atoms with van der Waals surface area (Å²) in [4.78, 5) is 27.3. The lowest BCUT2D eigenvalue weighted by Crippen LogP contribution is -2.58. The first-order chi connectivity index (χ1) is 16.0. The maximum atomic E-state index is 13.0. The molecule has 2 aromatic carbocycles. The highest BCUT2D eigenvalue weighted by atomic mass is 16.5. The number of benzene rings is 2. The highest BCUT2D eigenvalue weighted by Gasteiger charge is 2.33. The summed E-state index contributed by atoms with van der Waals surface area (Å²) in [6.07, 6.45) is 1.12. The summed E-state index contributed by atoms with van der Waals surface area (Å²) in [5.74, 6) is 0.822. The fraction of sp³-hybridized carbons (Fsp3) is 0.346. The Hall–Kier alpha value is -3.61. The Labute approximate surface area is 193 Å². The lowest BCUT2D eigenvalue weighted by atomic mass is 9.98. The van der Waals surface area contributed by atoms with Crippen LogP contribution in [0.1, 0.15) is 31.6 Å². The monoisotopic (exact) mass is 447 g/mol. The summed E-state index contributed by atoms with van der Waals surface area (Å²) in [5, 5.41) is 6.76. The Bertz CT molecular complexity index is 1080. The fourth-order valence-electron chi connectivity index (χ4n) is 3.99. The molecule has 0 saturated carbocycles. The molecule has 172 valence electrons. The minimum absolute atomic E-state index is 0.000962. The summed E-state index contributed by atoms with van der Waals surface area (Å²) in [6.45, 7) is 4.78. The molecule has 0 unspecified atom stereocenters. The van der Waals surface area contributed by atoms with Crippen LogP contribution < -0.4 is 10.1 Å². The van der Waals surface area contributed by atoms with Gasteiger partial charge in [0.05, 0.1) is 6.10 Å². The van der Waals surface area contributed by atoms with Gasteiger partial charge in [-0.1, -0.05) is 54.6 Å². The summed E-state index contributed by atoms with van der Waals surface area (Å²) >= 11 is 0. The van der Waals surface area contributed by atoms with Crippen LogP contribution in [0.25, 0.3) is 11.1 Å². The van der Waals surface area contributed by atoms with Crippen LogP contribution in [0.3, 0.4) is 0 Å². The molecule has 1 fully saturated rings. The van der Waals surface area contributed by atoms with E-state index in [4.69, 9.17) is 9.26 Å². The quantitative estimate of drug-likeness (QED) is 0.570. The smallest absolute Gasteiger partial charge is 0.254 e. The van der Waals surface area contributed by atoms with Crippen LogP contribution >= 0.6 is 0 Å². The Balaban J connectivity index is 1.39. The molecule has 7 nitrogen and oxygen atoms in total. The molecule has 1 atom stereocenters. The molecule has 0 spiro atoms. The number of hydrogen-bond donors (Lipinski definition) is 1. The molecule has 33 heavy (non-hydrogen) atoms. The summed E-state index contributed by atoms with van der Waals surface area (Å²) in [6, 6.07) is 19.5. The van der Waals surface area contributed by atoms with E-state index in [1.54, 1.807) is 11.0 Å². The van der Waals surface area contributed by atoms with Crippen molar-refractivity contribution in [2.45, 2.75) is 45.3 Å². The van der Waals surface area contributed by atoms with Gasteiger partial charge in [-0.25, -0.2) is 0 Å². The van der Waals surface area contributed by atoms with E-state index in [0.29, 0.717) is 37.6 Å². The molecule has 0 aliphatic carbocycles. The van der Waals surface area contributed by atoms with Crippen molar-refractivity contribution in [2.75, 3.05) is 13.1 Å². The van der Waals surface area contributed by atoms with E-state index in [1.165, 1.54) is 0 Å². The first kappa shape index (κ1) is 22.6. The van der Waals surface area contributed by atoms with Crippen LogP contribution in [0.4, 0.5) is 0 Å². The van der Waals surface area contributed by atoms with Gasteiger partial charge in [-0.05, 0) is 35.7 Å². The van der Waals surface area contributed by atoms with Crippen molar-refractivity contribution in [2.24, 2.45) is 0 Å². The molecule has 7 heteroatoms. The number of aryl methyl sites for hydroxylation is 1. The third kappa shape index (κ3) is 5.80. The van der Waals surface area contributed by atoms with E-state index in [1.807, 2.05) is 44.2 Å². The Kier molecular flexibility index (Phi) is 7.07. The number of carbonyl (C=O) groups is 2. The zero-order chi connectivity index (χ0) is 23.2. The number of piperazine rings is 1. The SMILES string of the molecule is CC(C)Oc1cc(CCC(=O)N2CCNC(=O)[C@@H]2Cc2ccc(-c3ccccc3)cc2)on1.